The van der Waals surface area contributed by atoms with Crippen LogP contribution in [0.15, 0.2) is 0 Å². The van der Waals surface area contributed by atoms with E-state index in [0.29, 0.717) is 0 Å². The Labute approximate surface area is 83.8 Å². The zero-order chi connectivity index (χ0) is 10.5. The normalized spacial score (nSPS) is 14.2. The second-order valence-corrected chi connectivity index (χ2v) is 6.35. The van der Waals surface area contributed by atoms with E-state index < -0.39 is 10.8 Å². The summed E-state index contributed by atoms with van der Waals surface area (Å²) in [6.45, 7) is 7.77. The zero-order valence-corrected chi connectivity index (χ0v) is 9.78. The average molecular weight is 201 g/mol. The minimum Gasteiger partial charge on any atom is -0.259 e. The first-order valence-corrected chi connectivity index (χ1v) is 6.05. The fourth-order valence-electron chi connectivity index (χ4n) is 0.948. The van der Waals surface area contributed by atoms with Gasteiger partial charge in [0, 0.05) is 21.8 Å². The summed E-state index contributed by atoms with van der Waals surface area (Å²) < 4.78 is 11.3. The molecule has 0 aromatic heterocycles. The fourth-order valence-corrected chi connectivity index (χ4v) is 1.85. The fraction of sp³-hybridized carbons (Fsp3) is 0.900. The van der Waals surface area contributed by atoms with Crippen LogP contribution >= 0.6 is 0 Å². The quantitative estimate of drug-likeness (QED) is 0.685. The largest absolute Gasteiger partial charge is 0.259 e. The van der Waals surface area contributed by atoms with E-state index in [-0.39, 0.29) is 10.7 Å². The van der Waals surface area contributed by atoms with E-state index >= 15 is 0 Å². The Kier molecular flexibility index (Phi) is 5.24. The SMILES string of the molecule is CC(C)S(=O)CCCC(C)(C)C#N. The molecular weight excluding hydrogens is 182 g/mol. The monoisotopic (exact) mass is 201 g/mol. The van der Waals surface area contributed by atoms with Crippen molar-refractivity contribution in [1.82, 2.24) is 0 Å². The molecule has 0 saturated heterocycles. The maximum atomic E-state index is 11.3. The van der Waals surface area contributed by atoms with Gasteiger partial charge in [0.25, 0.3) is 0 Å². The van der Waals surface area contributed by atoms with Crippen LogP contribution in [0.4, 0.5) is 0 Å². The second-order valence-electron chi connectivity index (χ2n) is 4.23. The molecule has 0 aliphatic heterocycles. The lowest BCUT2D eigenvalue weighted by Gasteiger charge is -2.14. The van der Waals surface area contributed by atoms with Crippen LogP contribution in [0.5, 0.6) is 0 Å². The van der Waals surface area contributed by atoms with Gasteiger partial charge >= 0.3 is 0 Å². The third-order valence-electron chi connectivity index (χ3n) is 1.98. The summed E-state index contributed by atoms with van der Waals surface area (Å²) in [5.41, 5.74) is -0.263. The highest BCUT2D eigenvalue weighted by Crippen LogP contribution is 2.20. The summed E-state index contributed by atoms with van der Waals surface area (Å²) in [5.74, 6) is 0.725. The van der Waals surface area contributed by atoms with Gasteiger partial charge in [-0.2, -0.15) is 5.26 Å². The van der Waals surface area contributed by atoms with Gasteiger partial charge in [-0.15, -0.1) is 0 Å². The molecule has 0 bridgehead atoms. The van der Waals surface area contributed by atoms with Crippen LogP contribution in [0.25, 0.3) is 0 Å². The molecule has 1 unspecified atom stereocenters. The average Bonchev–Trinajstić information content (AvgIpc) is 2.04. The molecule has 0 amide bonds. The summed E-state index contributed by atoms with van der Waals surface area (Å²) >= 11 is 0. The maximum absolute atomic E-state index is 11.3. The molecule has 0 aromatic carbocycles. The van der Waals surface area contributed by atoms with E-state index in [1.807, 2.05) is 27.7 Å². The van der Waals surface area contributed by atoms with Crippen molar-refractivity contribution in [1.29, 1.82) is 5.26 Å². The number of rotatable bonds is 5. The van der Waals surface area contributed by atoms with Crippen molar-refractivity contribution in [2.24, 2.45) is 5.41 Å². The standard InChI is InChI=1S/C10H19NOS/c1-9(2)13(12)7-5-6-10(3,4)8-11/h9H,5-7H2,1-4H3. The van der Waals surface area contributed by atoms with Gasteiger partial charge in [-0.3, -0.25) is 4.21 Å². The van der Waals surface area contributed by atoms with E-state index in [4.69, 9.17) is 5.26 Å². The molecule has 0 heterocycles. The minimum atomic E-state index is -0.718. The van der Waals surface area contributed by atoms with Crippen LogP contribution in [-0.2, 0) is 10.8 Å². The molecule has 2 nitrogen and oxygen atoms in total. The van der Waals surface area contributed by atoms with Gasteiger partial charge in [0.15, 0.2) is 0 Å². The van der Waals surface area contributed by atoms with E-state index in [0.717, 1.165) is 18.6 Å². The summed E-state index contributed by atoms with van der Waals surface area (Å²) in [6.07, 6.45) is 1.72. The highest BCUT2D eigenvalue weighted by Gasteiger charge is 2.16. The first-order chi connectivity index (χ1) is 5.89. The molecule has 0 aromatic rings. The Bertz CT molecular complexity index is 215. The van der Waals surface area contributed by atoms with E-state index in [2.05, 4.69) is 6.07 Å². The van der Waals surface area contributed by atoms with Crippen molar-refractivity contribution < 1.29 is 4.21 Å². The van der Waals surface area contributed by atoms with Crippen LogP contribution in [0.2, 0.25) is 0 Å². The van der Waals surface area contributed by atoms with Crippen LogP contribution < -0.4 is 0 Å². The molecule has 76 valence electrons. The summed E-state index contributed by atoms with van der Waals surface area (Å²) in [6, 6.07) is 2.25. The van der Waals surface area contributed by atoms with E-state index in [1.54, 1.807) is 0 Å². The second kappa shape index (κ2) is 5.39. The zero-order valence-electron chi connectivity index (χ0n) is 8.96. The molecule has 0 N–H and O–H groups in total. The third-order valence-corrected chi connectivity index (χ3v) is 3.72. The van der Waals surface area contributed by atoms with E-state index in [1.165, 1.54) is 0 Å². The molecular formula is C10H19NOS. The Morgan fingerprint density at radius 3 is 2.38 bits per heavy atom. The van der Waals surface area contributed by atoms with Crippen molar-refractivity contribution in [3.63, 3.8) is 0 Å². The molecule has 0 spiro atoms. The molecule has 0 aliphatic rings. The lowest BCUT2D eigenvalue weighted by atomic mass is 9.90. The first-order valence-electron chi connectivity index (χ1n) is 4.67. The highest BCUT2D eigenvalue weighted by molar-refractivity contribution is 7.85. The van der Waals surface area contributed by atoms with E-state index in [9.17, 15) is 4.21 Å². The Morgan fingerprint density at radius 1 is 1.46 bits per heavy atom. The lowest BCUT2D eigenvalue weighted by Crippen LogP contribution is -2.13. The van der Waals surface area contributed by atoms with Gasteiger partial charge < -0.3 is 0 Å². The van der Waals surface area contributed by atoms with Crippen molar-refractivity contribution in [2.45, 2.75) is 45.8 Å². The first kappa shape index (κ1) is 12.6. The lowest BCUT2D eigenvalue weighted by molar-refractivity contribution is 0.446. The minimum absolute atomic E-state index is 0.241. The van der Waals surface area contributed by atoms with Gasteiger partial charge in [-0.05, 0) is 26.7 Å². The Morgan fingerprint density at radius 2 is 2.00 bits per heavy atom. The summed E-state index contributed by atoms with van der Waals surface area (Å²) in [4.78, 5) is 0. The van der Waals surface area contributed by atoms with Crippen molar-refractivity contribution in [3.05, 3.63) is 0 Å². The van der Waals surface area contributed by atoms with Gasteiger partial charge in [0.05, 0.1) is 11.5 Å². The highest BCUT2D eigenvalue weighted by atomic mass is 32.2. The molecule has 0 aliphatic carbocycles. The summed E-state index contributed by atoms with van der Waals surface area (Å²) in [7, 11) is -0.718. The predicted molar refractivity (Wildman–Crippen MR) is 56.8 cm³/mol. The Balaban J connectivity index is 3.70. The molecule has 1 atom stereocenters. The summed E-state index contributed by atoms with van der Waals surface area (Å²) in [5, 5.41) is 8.98. The van der Waals surface area contributed by atoms with Crippen LogP contribution in [0.3, 0.4) is 0 Å². The van der Waals surface area contributed by atoms with Gasteiger partial charge in [0.1, 0.15) is 0 Å². The molecule has 0 saturated carbocycles. The van der Waals surface area contributed by atoms with Gasteiger partial charge in [0.2, 0.25) is 0 Å². The Hall–Kier alpha value is -0.360. The predicted octanol–water partition coefficient (Wildman–Crippen LogP) is 2.47. The van der Waals surface area contributed by atoms with Crippen molar-refractivity contribution in [3.8, 4) is 6.07 Å². The maximum Gasteiger partial charge on any atom is 0.0683 e. The number of hydrogen-bond donors (Lipinski definition) is 0. The van der Waals surface area contributed by atoms with Crippen LogP contribution in [0, 0.1) is 16.7 Å². The number of hydrogen-bond acceptors (Lipinski definition) is 2. The topological polar surface area (TPSA) is 40.9 Å². The number of nitrogens with zero attached hydrogens (tertiary/aromatic N) is 1. The molecule has 0 fully saturated rings. The van der Waals surface area contributed by atoms with Crippen LogP contribution in [-0.4, -0.2) is 15.2 Å². The third kappa shape index (κ3) is 5.81. The van der Waals surface area contributed by atoms with Gasteiger partial charge in [-0.25, -0.2) is 0 Å². The molecule has 13 heavy (non-hydrogen) atoms. The smallest absolute Gasteiger partial charge is 0.0683 e. The molecule has 3 heteroatoms. The molecule has 0 rings (SSSR count). The van der Waals surface area contributed by atoms with Gasteiger partial charge in [-0.1, -0.05) is 13.8 Å². The van der Waals surface area contributed by atoms with Crippen molar-refractivity contribution >= 4 is 10.8 Å². The van der Waals surface area contributed by atoms with Crippen LogP contribution in [0.1, 0.15) is 40.5 Å². The molecule has 0 radical (unpaired) electrons. The number of nitriles is 1. The van der Waals surface area contributed by atoms with Crippen molar-refractivity contribution in [2.75, 3.05) is 5.75 Å².